The van der Waals surface area contributed by atoms with Crippen LogP contribution in [0.5, 0.6) is 0 Å². The van der Waals surface area contributed by atoms with Gasteiger partial charge in [-0.2, -0.15) is 11.2 Å². The molecule has 0 radical (unpaired) electrons. The second-order valence-corrected chi connectivity index (χ2v) is 4.96. The molecule has 0 amide bonds. The van der Waals surface area contributed by atoms with Gasteiger partial charge in [0.1, 0.15) is 18.6 Å². The molecule has 3 aromatic rings. The van der Waals surface area contributed by atoms with Crippen molar-refractivity contribution in [2.75, 3.05) is 12.1 Å². The Kier molecular flexibility index (Phi) is 7.39. The second-order valence-electron chi connectivity index (χ2n) is 4.96. The first-order valence-electron chi connectivity index (χ1n) is 7.36. The van der Waals surface area contributed by atoms with Crippen molar-refractivity contribution < 1.29 is 28.9 Å². The third-order valence-electron chi connectivity index (χ3n) is 3.05. The number of aromatic nitrogens is 4. The molecule has 0 N–H and O–H groups in total. The van der Waals surface area contributed by atoms with Crippen molar-refractivity contribution in [1.29, 1.82) is 0 Å². The van der Waals surface area contributed by atoms with E-state index in [0.29, 0.717) is 5.82 Å². The van der Waals surface area contributed by atoms with E-state index >= 15 is 0 Å². The summed E-state index contributed by atoms with van der Waals surface area (Å²) in [6.07, 6.45) is 4.43. The van der Waals surface area contributed by atoms with Crippen LogP contribution in [0.2, 0.25) is 0 Å². The van der Waals surface area contributed by atoms with E-state index in [1.54, 1.807) is 11.9 Å². The van der Waals surface area contributed by atoms with E-state index in [4.69, 9.17) is 0 Å². The van der Waals surface area contributed by atoms with Gasteiger partial charge < -0.3 is 14.9 Å². The first-order valence-corrected chi connectivity index (χ1v) is 7.36. The Balaban J connectivity index is 0.000000189. The van der Waals surface area contributed by atoms with Gasteiger partial charge in [-0.3, -0.25) is 18.7 Å². The van der Waals surface area contributed by atoms with E-state index in [-0.39, 0.29) is 25.8 Å². The molecule has 0 atom stereocenters. The molecule has 0 bridgehead atoms. The number of rotatable bonds is 2. The van der Waals surface area contributed by atoms with Gasteiger partial charge in [0, 0.05) is 0 Å². The van der Waals surface area contributed by atoms with Crippen LogP contribution in [-0.4, -0.2) is 38.2 Å². The summed E-state index contributed by atoms with van der Waals surface area (Å²) in [6.45, 7) is 1.52. The van der Waals surface area contributed by atoms with Crippen LogP contribution in [0, 0.1) is 30.7 Å². The molecule has 1 aliphatic rings. The first kappa shape index (κ1) is 20.5. The number of nitrogens with zero attached hydrogens (tertiary/aromatic N) is 7. The van der Waals surface area contributed by atoms with E-state index in [1.807, 2.05) is 24.3 Å². The normalized spacial score (nSPS) is 12.3. The van der Waals surface area contributed by atoms with Crippen LogP contribution in [0.25, 0.3) is 11.4 Å². The number of halogens is 2. The van der Waals surface area contributed by atoms with Crippen molar-refractivity contribution >= 4 is 12.0 Å². The van der Waals surface area contributed by atoms with E-state index < -0.39 is 11.9 Å². The smallest absolute Gasteiger partial charge is 0.493 e. The standard InChI is InChI=1S/C9H6N3.C8H6F2N4.Ir/c1-2-4-8(5-3-1)9-11-6-10-7-12-9;1-13-4-11-14(5-13)6-2-3-7(9)12-8(6)10;/h1-4,6-7H;3-5H,1H3;/q-1;-2;+3. The van der Waals surface area contributed by atoms with Crippen molar-refractivity contribution in [1.82, 2.24) is 24.8 Å². The average molecular weight is 545 g/mol. The van der Waals surface area contributed by atoms with Crippen molar-refractivity contribution in [2.45, 2.75) is 0 Å². The summed E-state index contributed by atoms with van der Waals surface area (Å²) >= 11 is 0. The summed E-state index contributed by atoms with van der Waals surface area (Å²) in [4.78, 5) is 16.4. The van der Waals surface area contributed by atoms with Gasteiger partial charge >= 0.3 is 20.1 Å². The Morgan fingerprint density at radius 3 is 2.48 bits per heavy atom. The Morgan fingerprint density at radius 2 is 1.89 bits per heavy atom. The van der Waals surface area contributed by atoms with Gasteiger partial charge in [-0.05, 0) is 12.7 Å². The van der Waals surface area contributed by atoms with Crippen LogP contribution < -0.4 is 5.01 Å². The molecule has 10 heteroatoms. The van der Waals surface area contributed by atoms with Crippen molar-refractivity contribution in [3.05, 3.63) is 73.7 Å². The fraction of sp³-hybridized carbons (Fsp3) is 0.0588. The topological polar surface area (TPSA) is 70.4 Å². The van der Waals surface area contributed by atoms with Crippen molar-refractivity contribution in [2.24, 2.45) is 5.10 Å². The van der Waals surface area contributed by atoms with E-state index in [9.17, 15) is 8.78 Å². The number of anilines is 1. The zero-order chi connectivity index (χ0) is 18.4. The summed E-state index contributed by atoms with van der Waals surface area (Å²) in [5.74, 6) is -1.18. The zero-order valence-electron chi connectivity index (χ0n) is 13.9. The third-order valence-corrected chi connectivity index (χ3v) is 3.05. The number of hydrogen-bond donors (Lipinski definition) is 0. The van der Waals surface area contributed by atoms with Crippen LogP contribution in [0.4, 0.5) is 14.5 Å². The maximum atomic E-state index is 13.1. The molecule has 138 valence electrons. The predicted octanol–water partition coefficient (Wildman–Crippen LogP) is 2.31. The Labute approximate surface area is 168 Å². The van der Waals surface area contributed by atoms with E-state index in [0.717, 1.165) is 11.6 Å². The van der Waals surface area contributed by atoms with Gasteiger partial charge in [-0.1, -0.05) is 0 Å². The third kappa shape index (κ3) is 5.57. The zero-order valence-corrected chi connectivity index (χ0v) is 16.3. The molecule has 1 aliphatic heterocycles. The van der Waals surface area contributed by atoms with Crippen LogP contribution in [-0.2, 0) is 20.1 Å². The van der Waals surface area contributed by atoms with Crippen LogP contribution >= 0.6 is 0 Å². The number of hydrogen-bond acceptors (Lipinski definition) is 7. The molecule has 0 saturated heterocycles. The minimum atomic E-state index is -0.936. The summed E-state index contributed by atoms with van der Waals surface area (Å²) in [7, 11) is 1.73. The van der Waals surface area contributed by atoms with Gasteiger partial charge in [0.25, 0.3) is 0 Å². The summed E-state index contributed by atoms with van der Waals surface area (Å²) in [5, 5.41) is 5.05. The fourth-order valence-electron chi connectivity index (χ4n) is 1.92. The summed E-state index contributed by atoms with van der Waals surface area (Å²) in [5.41, 5.74) is 0.881. The Morgan fingerprint density at radius 1 is 1.11 bits per heavy atom. The maximum Gasteiger partial charge on any atom is 3.00 e. The van der Waals surface area contributed by atoms with Crippen molar-refractivity contribution in [3.8, 4) is 11.4 Å². The van der Waals surface area contributed by atoms with Crippen molar-refractivity contribution in [3.63, 3.8) is 0 Å². The predicted molar refractivity (Wildman–Crippen MR) is 90.1 cm³/mol. The number of benzene rings is 1. The molecule has 1 aromatic carbocycles. The molecule has 4 rings (SSSR count). The molecule has 2 aromatic heterocycles. The largest absolute Gasteiger partial charge is 3.00 e. The van der Waals surface area contributed by atoms with Gasteiger partial charge in [0.2, 0.25) is 0 Å². The average Bonchev–Trinajstić information content (AvgIpc) is 3.10. The molecule has 0 spiro atoms. The Hall–Kier alpha value is -2.84. The van der Waals surface area contributed by atoms with Crippen LogP contribution in [0.1, 0.15) is 0 Å². The molecule has 0 aliphatic carbocycles. The SMILES string of the molecule is CN1C=NN(c2[c-]cc(F)nc2F)[CH-]1.[Ir+3].[c-]1ccccc1-c1ncncn1. The fourth-order valence-corrected chi connectivity index (χ4v) is 1.92. The molecule has 0 saturated carbocycles. The van der Waals surface area contributed by atoms with E-state index in [1.165, 1.54) is 30.7 Å². The quantitative estimate of drug-likeness (QED) is 0.365. The molecular weight excluding hydrogens is 532 g/mol. The van der Waals surface area contributed by atoms with Gasteiger partial charge in [-0.25, -0.2) is 4.98 Å². The van der Waals surface area contributed by atoms with Gasteiger partial charge in [-0.15, -0.1) is 48.6 Å². The maximum absolute atomic E-state index is 13.1. The molecule has 0 unspecified atom stereocenters. The minimum absolute atomic E-state index is 0. The van der Waals surface area contributed by atoms with Gasteiger partial charge in [0.15, 0.2) is 0 Å². The number of hydrazone groups is 1. The first-order chi connectivity index (χ1) is 12.6. The summed E-state index contributed by atoms with van der Waals surface area (Å²) < 4.78 is 25.5. The van der Waals surface area contributed by atoms with E-state index in [2.05, 4.69) is 37.2 Å². The molecule has 3 heterocycles. The van der Waals surface area contributed by atoms with Crippen LogP contribution in [0.15, 0.2) is 48.1 Å². The monoisotopic (exact) mass is 545 g/mol. The molecule has 27 heavy (non-hydrogen) atoms. The Bertz CT molecular complexity index is 843. The minimum Gasteiger partial charge on any atom is -0.493 e. The molecular formula is C17H12F2IrN7. The summed E-state index contributed by atoms with van der Waals surface area (Å²) in [6, 6.07) is 14.0. The van der Waals surface area contributed by atoms with Gasteiger partial charge in [0.05, 0.1) is 18.1 Å². The van der Waals surface area contributed by atoms with Crippen LogP contribution in [0.3, 0.4) is 0 Å². The number of pyridine rings is 1. The molecule has 7 nitrogen and oxygen atoms in total. The molecule has 0 fully saturated rings. The second kappa shape index (κ2) is 9.75.